The second-order valence-electron chi connectivity index (χ2n) is 6.12. The van der Waals surface area contributed by atoms with Crippen LogP contribution in [0.4, 0.5) is 5.69 Å². The van der Waals surface area contributed by atoms with Gasteiger partial charge in [-0.1, -0.05) is 23.7 Å². The highest BCUT2D eigenvalue weighted by atomic mass is 35.5. The molecular formula is C16H20ClN3O2S2. The zero-order chi connectivity index (χ0) is 17.3. The number of halogens is 1. The first kappa shape index (κ1) is 17.7. The van der Waals surface area contributed by atoms with Crippen molar-refractivity contribution in [1.82, 2.24) is 9.80 Å². The van der Waals surface area contributed by atoms with Gasteiger partial charge in [-0.2, -0.15) is 0 Å². The summed E-state index contributed by atoms with van der Waals surface area (Å²) in [5, 5.41) is 0. The Morgan fingerprint density at radius 2 is 2.04 bits per heavy atom. The molecule has 2 aromatic rings. The van der Waals surface area contributed by atoms with Crippen molar-refractivity contribution in [1.29, 1.82) is 0 Å². The second kappa shape index (κ2) is 7.01. The molecule has 8 heteroatoms. The predicted octanol–water partition coefficient (Wildman–Crippen LogP) is 3.08. The lowest BCUT2D eigenvalue weighted by molar-refractivity contribution is 0.246. The number of hydrogen-bond acceptors (Lipinski definition) is 5. The Morgan fingerprint density at radius 3 is 2.71 bits per heavy atom. The lowest BCUT2D eigenvalue weighted by Crippen LogP contribution is -2.27. The van der Waals surface area contributed by atoms with Crippen LogP contribution in [0.3, 0.4) is 0 Å². The molecule has 0 saturated carbocycles. The van der Waals surface area contributed by atoms with Crippen molar-refractivity contribution >= 4 is 38.6 Å². The van der Waals surface area contributed by atoms with Gasteiger partial charge in [0.1, 0.15) is 4.21 Å². The monoisotopic (exact) mass is 385 g/mol. The van der Waals surface area contributed by atoms with Gasteiger partial charge in [0, 0.05) is 26.2 Å². The summed E-state index contributed by atoms with van der Waals surface area (Å²) in [6, 6.07) is 8.90. The number of fused-ring (bicyclic) bond motifs is 1. The van der Waals surface area contributed by atoms with E-state index in [-0.39, 0.29) is 4.21 Å². The quantitative estimate of drug-likeness (QED) is 0.830. The molecule has 0 amide bonds. The van der Waals surface area contributed by atoms with Crippen LogP contribution >= 0.6 is 22.9 Å². The van der Waals surface area contributed by atoms with E-state index in [1.54, 1.807) is 6.07 Å². The number of sulfonamides is 1. The van der Waals surface area contributed by atoms with Gasteiger partial charge in [0.25, 0.3) is 10.0 Å². The van der Waals surface area contributed by atoms with Crippen molar-refractivity contribution < 1.29 is 8.42 Å². The molecule has 1 N–H and O–H groups in total. The molecule has 5 nitrogen and oxygen atoms in total. The van der Waals surface area contributed by atoms with Gasteiger partial charge in [0.2, 0.25) is 0 Å². The number of anilines is 1. The largest absolute Gasteiger partial charge is 0.308 e. The van der Waals surface area contributed by atoms with Gasteiger partial charge in [-0.25, -0.2) is 8.42 Å². The van der Waals surface area contributed by atoms with Gasteiger partial charge in [-0.3, -0.25) is 9.62 Å². The molecule has 24 heavy (non-hydrogen) atoms. The summed E-state index contributed by atoms with van der Waals surface area (Å²) in [6.07, 6.45) is 0. The molecule has 130 valence electrons. The Morgan fingerprint density at radius 1 is 1.25 bits per heavy atom. The van der Waals surface area contributed by atoms with E-state index in [4.69, 9.17) is 11.6 Å². The fraction of sp³-hybridized carbons (Fsp3) is 0.375. The van der Waals surface area contributed by atoms with Crippen LogP contribution in [0.2, 0.25) is 4.34 Å². The maximum Gasteiger partial charge on any atom is 0.271 e. The Hall–Kier alpha value is -1.12. The van der Waals surface area contributed by atoms with Gasteiger partial charge in [-0.15, -0.1) is 11.3 Å². The van der Waals surface area contributed by atoms with Crippen molar-refractivity contribution in [2.75, 3.05) is 31.9 Å². The van der Waals surface area contributed by atoms with Crippen molar-refractivity contribution in [2.24, 2.45) is 0 Å². The average molecular weight is 386 g/mol. The highest BCUT2D eigenvalue weighted by Gasteiger charge is 2.24. The van der Waals surface area contributed by atoms with Crippen LogP contribution in [0.1, 0.15) is 11.1 Å². The number of nitrogens with zero attached hydrogens (tertiary/aromatic N) is 2. The van der Waals surface area contributed by atoms with E-state index < -0.39 is 10.0 Å². The topological polar surface area (TPSA) is 52.6 Å². The van der Waals surface area contributed by atoms with Crippen LogP contribution in [-0.2, 0) is 23.1 Å². The molecule has 1 aliphatic heterocycles. The molecule has 1 aromatic carbocycles. The van der Waals surface area contributed by atoms with Crippen molar-refractivity contribution in [3.63, 3.8) is 0 Å². The number of rotatable bonds is 6. The summed E-state index contributed by atoms with van der Waals surface area (Å²) in [5.41, 5.74) is 2.89. The summed E-state index contributed by atoms with van der Waals surface area (Å²) in [7, 11) is 0.501. The number of thiophene rings is 1. The summed E-state index contributed by atoms with van der Waals surface area (Å²) in [6.45, 7) is 3.54. The molecule has 0 spiro atoms. The molecule has 1 aliphatic rings. The Bertz CT molecular complexity index is 834. The highest BCUT2D eigenvalue weighted by molar-refractivity contribution is 7.94. The zero-order valence-electron chi connectivity index (χ0n) is 13.6. The number of hydrogen-bond donors (Lipinski definition) is 1. The third-order valence-electron chi connectivity index (χ3n) is 3.97. The fourth-order valence-electron chi connectivity index (χ4n) is 2.72. The van der Waals surface area contributed by atoms with E-state index in [0.717, 1.165) is 43.1 Å². The smallest absolute Gasteiger partial charge is 0.271 e. The molecule has 0 radical (unpaired) electrons. The number of nitrogens with one attached hydrogen (secondary N) is 1. The van der Waals surface area contributed by atoms with Crippen LogP contribution in [0.25, 0.3) is 0 Å². The van der Waals surface area contributed by atoms with E-state index in [2.05, 4.69) is 34.7 Å². The van der Waals surface area contributed by atoms with E-state index in [9.17, 15) is 8.42 Å². The molecule has 0 fully saturated rings. The molecule has 2 heterocycles. The van der Waals surface area contributed by atoms with Gasteiger partial charge >= 0.3 is 0 Å². The fourth-order valence-corrected chi connectivity index (χ4v) is 5.30. The van der Waals surface area contributed by atoms with Gasteiger partial charge in [-0.05, 0) is 43.4 Å². The van der Waals surface area contributed by atoms with Crippen LogP contribution in [0, 0.1) is 0 Å². The molecule has 3 rings (SSSR count). The number of benzene rings is 1. The highest BCUT2D eigenvalue weighted by Crippen LogP contribution is 2.32. The van der Waals surface area contributed by atoms with Gasteiger partial charge in [0.05, 0.1) is 10.0 Å². The standard InChI is InChI=1S/C16H20ClN3O2S2/c1-19(2)8-9-20-10-12-4-3-5-14(13(12)11-20)18-24(21,22)16-7-6-15(17)23-16/h3-7,18H,8-11H2,1-2H3. The van der Waals surface area contributed by atoms with E-state index >= 15 is 0 Å². The van der Waals surface area contributed by atoms with E-state index in [1.807, 2.05) is 12.1 Å². The first-order chi connectivity index (χ1) is 11.3. The summed E-state index contributed by atoms with van der Waals surface area (Å²) >= 11 is 6.92. The molecule has 0 bridgehead atoms. The van der Waals surface area contributed by atoms with Crippen molar-refractivity contribution in [3.05, 3.63) is 45.8 Å². The zero-order valence-corrected chi connectivity index (χ0v) is 16.0. The Kier molecular flexibility index (Phi) is 5.17. The Balaban J connectivity index is 1.79. The van der Waals surface area contributed by atoms with Gasteiger partial charge in [0.15, 0.2) is 0 Å². The first-order valence-corrected chi connectivity index (χ1v) is 10.3. The molecular weight excluding hydrogens is 366 g/mol. The maximum atomic E-state index is 12.5. The lowest BCUT2D eigenvalue weighted by Gasteiger charge is -2.18. The predicted molar refractivity (Wildman–Crippen MR) is 99.2 cm³/mol. The van der Waals surface area contributed by atoms with Crippen LogP contribution in [0.15, 0.2) is 34.5 Å². The first-order valence-electron chi connectivity index (χ1n) is 7.61. The molecule has 0 aliphatic carbocycles. The normalized spacial score (nSPS) is 15.0. The van der Waals surface area contributed by atoms with E-state index in [1.165, 1.54) is 11.6 Å². The summed E-state index contributed by atoms with van der Waals surface area (Å²) < 4.78 is 28.5. The van der Waals surface area contributed by atoms with Crippen LogP contribution < -0.4 is 4.72 Å². The molecule has 0 unspecified atom stereocenters. The summed E-state index contributed by atoms with van der Waals surface area (Å²) in [5.74, 6) is 0. The van der Waals surface area contributed by atoms with Crippen molar-refractivity contribution in [3.8, 4) is 0 Å². The average Bonchev–Trinajstić information content (AvgIpc) is 3.11. The summed E-state index contributed by atoms with van der Waals surface area (Å²) in [4.78, 5) is 4.47. The molecule has 0 saturated heterocycles. The van der Waals surface area contributed by atoms with Crippen LogP contribution in [-0.4, -0.2) is 45.4 Å². The third-order valence-corrected chi connectivity index (χ3v) is 7.06. The van der Waals surface area contributed by atoms with Crippen LogP contribution in [0.5, 0.6) is 0 Å². The third kappa shape index (κ3) is 3.92. The molecule has 0 atom stereocenters. The van der Waals surface area contributed by atoms with Gasteiger partial charge < -0.3 is 4.90 Å². The maximum absolute atomic E-state index is 12.5. The minimum absolute atomic E-state index is 0.229. The Labute approximate surface area is 151 Å². The lowest BCUT2D eigenvalue weighted by atomic mass is 10.1. The minimum atomic E-state index is -3.60. The van der Waals surface area contributed by atoms with Crippen molar-refractivity contribution in [2.45, 2.75) is 17.3 Å². The molecule has 1 aromatic heterocycles. The van der Waals surface area contributed by atoms with E-state index in [0.29, 0.717) is 10.0 Å². The second-order valence-corrected chi connectivity index (χ2v) is 9.75. The SMILES string of the molecule is CN(C)CCN1Cc2cccc(NS(=O)(=O)c3ccc(Cl)s3)c2C1. The number of likely N-dealkylation sites (N-methyl/N-ethyl adjacent to an activating group) is 1. The minimum Gasteiger partial charge on any atom is -0.308 e.